The van der Waals surface area contributed by atoms with Crippen molar-refractivity contribution in [3.8, 4) is 0 Å². The lowest BCUT2D eigenvalue weighted by atomic mass is 9.49. The molecule has 1 N–H and O–H groups in total. The van der Waals surface area contributed by atoms with E-state index in [1.165, 1.54) is 38.5 Å². The lowest BCUT2D eigenvalue weighted by Gasteiger charge is -2.56. The van der Waals surface area contributed by atoms with Gasteiger partial charge in [-0.1, -0.05) is 5.16 Å². The highest BCUT2D eigenvalue weighted by molar-refractivity contribution is 14.1. The Morgan fingerprint density at radius 1 is 1.27 bits per heavy atom. The van der Waals surface area contributed by atoms with E-state index in [0.29, 0.717) is 17.8 Å². The van der Waals surface area contributed by atoms with Crippen LogP contribution in [-0.2, 0) is 6.54 Å². The molecule has 2 heterocycles. The van der Waals surface area contributed by atoms with E-state index in [1.807, 2.05) is 6.20 Å². The summed E-state index contributed by atoms with van der Waals surface area (Å²) in [6, 6.07) is 0. The van der Waals surface area contributed by atoms with Crippen LogP contribution in [0, 0.1) is 26.7 Å². The highest BCUT2D eigenvalue weighted by atomic mass is 127. The van der Waals surface area contributed by atoms with Crippen LogP contribution in [-0.4, -0.2) is 32.4 Å². The van der Waals surface area contributed by atoms with Crippen molar-refractivity contribution in [3.05, 3.63) is 27.7 Å². The summed E-state index contributed by atoms with van der Waals surface area (Å²) < 4.78 is 7.93. The van der Waals surface area contributed by atoms with Crippen molar-refractivity contribution in [3.63, 3.8) is 0 Å². The molecule has 2 aromatic rings. The summed E-state index contributed by atoms with van der Waals surface area (Å²) >= 11 is 2.19. The van der Waals surface area contributed by atoms with Crippen LogP contribution in [0.5, 0.6) is 0 Å². The molecular weight excluding hydrogens is 445 g/mol. The quantitative estimate of drug-likeness (QED) is 0.684. The monoisotopic (exact) mass is 467 g/mol. The molecule has 0 aromatic carbocycles. The lowest BCUT2D eigenvalue weighted by molar-refractivity contribution is -0.0504. The van der Waals surface area contributed by atoms with Crippen molar-refractivity contribution in [1.29, 1.82) is 0 Å². The fourth-order valence-corrected chi connectivity index (χ4v) is 6.28. The lowest BCUT2D eigenvalue weighted by Crippen LogP contribution is -2.51. The maximum Gasteiger partial charge on any atom is 0.316 e. The van der Waals surface area contributed by atoms with Crippen LogP contribution >= 0.6 is 22.6 Å². The Kier molecular flexibility index (Phi) is 4.06. The van der Waals surface area contributed by atoms with Crippen LogP contribution in [0.1, 0.15) is 55.0 Å². The Balaban J connectivity index is 1.21. The zero-order chi connectivity index (χ0) is 17.7. The maximum atomic E-state index is 12.5. The standard InChI is InChI=1S/C18H22IN5O2/c19-14-7-21-24(8-14)9-15-22-17(26-23-15)16(25)20-10-18-4-11-1-12(5-18)3-13(2-11)6-18/h7-8,11-13H,1-6,9-10H2,(H,20,25). The number of nitrogens with zero attached hydrogens (tertiary/aromatic N) is 4. The summed E-state index contributed by atoms with van der Waals surface area (Å²) in [5, 5.41) is 11.2. The summed E-state index contributed by atoms with van der Waals surface area (Å²) in [7, 11) is 0. The second-order valence-electron chi connectivity index (χ2n) is 8.47. The maximum absolute atomic E-state index is 12.5. The Labute approximate surface area is 165 Å². The van der Waals surface area contributed by atoms with Gasteiger partial charge in [-0.2, -0.15) is 10.1 Å². The molecule has 1 amide bonds. The second-order valence-corrected chi connectivity index (χ2v) is 9.72. The number of rotatable bonds is 5. The normalized spacial score (nSPS) is 32.1. The molecule has 0 radical (unpaired) electrons. The molecule has 7 nitrogen and oxygen atoms in total. The van der Waals surface area contributed by atoms with Gasteiger partial charge in [0.05, 0.1) is 9.77 Å². The van der Waals surface area contributed by atoms with Crippen molar-refractivity contribution in [2.24, 2.45) is 23.2 Å². The average Bonchev–Trinajstić information content (AvgIpc) is 3.21. The molecule has 0 unspecified atom stereocenters. The molecule has 138 valence electrons. The first kappa shape index (κ1) is 16.7. The van der Waals surface area contributed by atoms with E-state index in [2.05, 4.69) is 43.1 Å². The Morgan fingerprint density at radius 3 is 2.58 bits per heavy atom. The van der Waals surface area contributed by atoms with Crippen LogP contribution < -0.4 is 5.32 Å². The minimum atomic E-state index is -0.255. The summed E-state index contributed by atoms with van der Waals surface area (Å²) in [5.74, 6) is 2.89. The number of carbonyl (C=O) groups excluding carboxylic acids is 1. The third kappa shape index (κ3) is 3.16. The van der Waals surface area contributed by atoms with Gasteiger partial charge in [0.1, 0.15) is 6.54 Å². The molecule has 2 aromatic heterocycles. The van der Waals surface area contributed by atoms with E-state index in [9.17, 15) is 4.79 Å². The topological polar surface area (TPSA) is 85.8 Å². The molecule has 26 heavy (non-hydrogen) atoms. The number of halogens is 1. The van der Waals surface area contributed by atoms with Gasteiger partial charge in [-0.25, -0.2) is 0 Å². The van der Waals surface area contributed by atoms with Crippen LogP contribution in [0.15, 0.2) is 16.9 Å². The average molecular weight is 467 g/mol. The Bertz CT molecular complexity index is 794. The number of hydrogen-bond donors (Lipinski definition) is 1. The van der Waals surface area contributed by atoms with E-state index < -0.39 is 0 Å². The molecule has 8 heteroatoms. The molecule has 0 saturated heterocycles. The van der Waals surface area contributed by atoms with Gasteiger partial charge in [-0.3, -0.25) is 9.48 Å². The SMILES string of the molecule is O=C(NCC12CC3CC(CC(C3)C1)C2)c1nc(Cn2cc(I)cn2)no1. The number of nitrogens with one attached hydrogen (secondary N) is 1. The van der Waals surface area contributed by atoms with E-state index in [0.717, 1.165) is 27.9 Å². The third-order valence-electron chi connectivity index (χ3n) is 6.36. The second kappa shape index (κ2) is 6.31. The van der Waals surface area contributed by atoms with Gasteiger partial charge in [0, 0.05) is 12.7 Å². The molecule has 6 rings (SSSR count). The van der Waals surface area contributed by atoms with Gasteiger partial charge in [0.25, 0.3) is 0 Å². The molecule has 4 aliphatic carbocycles. The number of carbonyl (C=O) groups is 1. The molecule has 0 atom stereocenters. The largest absolute Gasteiger partial charge is 0.347 e. The van der Waals surface area contributed by atoms with Crippen molar-refractivity contribution in [2.75, 3.05) is 6.54 Å². The highest BCUT2D eigenvalue weighted by Crippen LogP contribution is 2.59. The zero-order valence-electron chi connectivity index (χ0n) is 14.5. The summed E-state index contributed by atoms with van der Waals surface area (Å²) in [5.41, 5.74) is 0.305. The first-order valence-corrected chi connectivity index (χ1v) is 10.4. The van der Waals surface area contributed by atoms with E-state index in [4.69, 9.17) is 4.52 Å². The predicted octanol–water partition coefficient (Wildman–Crippen LogP) is 2.87. The van der Waals surface area contributed by atoms with Gasteiger partial charge in [0.2, 0.25) is 0 Å². The Hall–Kier alpha value is -1.45. The van der Waals surface area contributed by atoms with Gasteiger partial charge in [-0.15, -0.1) is 0 Å². The van der Waals surface area contributed by atoms with Crippen LogP contribution in [0.2, 0.25) is 0 Å². The summed E-state index contributed by atoms with van der Waals surface area (Å²) in [4.78, 5) is 16.7. The third-order valence-corrected chi connectivity index (χ3v) is 6.91. The van der Waals surface area contributed by atoms with E-state index in [1.54, 1.807) is 10.9 Å². The van der Waals surface area contributed by atoms with Crippen LogP contribution in [0.3, 0.4) is 0 Å². The predicted molar refractivity (Wildman–Crippen MR) is 101 cm³/mol. The van der Waals surface area contributed by atoms with Crippen molar-refractivity contribution >= 4 is 28.5 Å². The van der Waals surface area contributed by atoms with Crippen LogP contribution in [0.25, 0.3) is 0 Å². The molecule has 4 saturated carbocycles. The van der Waals surface area contributed by atoms with Crippen LogP contribution in [0.4, 0.5) is 0 Å². The molecule has 4 aliphatic rings. The molecule has 0 spiro atoms. The van der Waals surface area contributed by atoms with Crippen molar-refractivity contribution in [1.82, 2.24) is 25.2 Å². The number of aromatic nitrogens is 4. The number of amides is 1. The molecule has 4 fully saturated rings. The van der Waals surface area contributed by atoms with E-state index in [-0.39, 0.29) is 11.8 Å². The fraction of sp³-hybridized carbons (Fsp3) is 0.667. The highest BCUT2D eigenvalue weighted by Gasteiger charge is 2.50. The van der Waals surface area contributed by atoms with Gasteiger partial charge in [0.15, 0.2) is 5.82 Å². The van der Waals surface area contributed by atoms with Crippen molar-refractivity contribution < 1.29 is 9.32 Å². The number of hydrogen-bond acceptors (Lipinski definition) is 5. The zero-order valence-corrected chi connectivity index (χ0v) is 16.7. The Morgan fingerprint density at radius 2 is 1.96 bits per heavy atom. The minimum Gasteiger partial charge on any atom is -0.347 e. The molecular formula is C18H22IN5O2. The summed E-state index contributed by atoms with van der Waals surface area (Å²) in [6.07, 6.45) is 11.7. The minimum absolute atomic E-state index is 0.0478. The van der Waals surface area contributed by atoms with Gasteiger partial charge in [-0.05, 0) is 84.3 Å². The van der Waals surface area contributed by atoms with Gasteiger partial charge >= 0.3 is 11.8 Å². The molecule has 0 aliphatic heterocycles. The smallest absolute Gasteiger partial charge is 0.316 e. The van der Waals surface area contributed by atoms with Crippen molar-refractivity contribution in [2.45, 2.75) is 45.1 Å². The first-order chi connectivity index (χ1) is 12.6. The molecule has 4 bridgehead atoms. The van der Waals surface area contributed by atoms with Gasteiger partial charge < -0.3 is 9.84 Å². The summed E-state index contributed by atoms with van der Waals surface area (Å²) in [6.45, 7) is 1.14. The van der Waals surface area contributed by atoms with E-state index >= 15 is 0 Å². The first-order valence-electron chi connectivity index (χ1n) is 9.36. The fourth-order valence-electron chi connectivity index (χ4n) is 5.83.